The topological polar surface area (TPSA) is 73.3 Å². The Morgan fingerprint density at radius 1 is 1.33 bits per heavy atom. The maximum atomic E-state index is 5.49. The lowest BCUT2D eigenvalue weighted by Gasteiger charge is -2.28. The van der Waals surface area contributed by atoms with Crippen molar-refractivity contribution in [1.29, 1.82) is 0 Å². The predicted octanol–water partition coefficient (Wildman–Crippen LogP) is 2.54. The molecule has 0 aliphatic carbocycles. The van der Waals surface area contributed by atoms with Gasteiger partial charge in [0, 0.05) is 13.2 Å². The van der Waals surface area contributed by atoms with E-state index in [9.17, 15) is 0 Å². The molecule has 0 aromatic carbocycles. The molecule has 3 rings (SSSR count). The third-order valence-electron chi connectivity index (χ3n) is 4.00. The van der Waals surface area contributed by atoms with Crippen LogP contribution in [0.5, 0.6) is 0 Å². The summed E-state index contributed by atoms with van der Waals surface area (Å²) in [6.45, 7) is 6.11. The molecule has 0 spiro atoms. The van der Waals surface area contributed by atoms with Crippen molar-refractivity contribution < 1.29 is 13.7 Å². The van der Waals surface area contributed by atoms with Gasteiger partial charge in [0.25, 0.3) is 0 Å². The van der Waals surface area contributed by atoms with Crippen LogP contribution in [0.25, 0.3) is 0 Å². The molecule has 114 valence electrons. The van der Waals surface area contributed by atoms with Gasteiger partial charge in [-0.2, -0.15) is 4.98 Å². The molecule has 6 heteroatoms. The van der Waals surface area contributed by atoms with Crippen LogP contribution in [0, 0.1) is 19.8 Å². The van der Waals surface area contributed by atoms with Crippen LogP contribution in [0.3, 0.4) is 0 Å². The average Bonchev–Trinajstić information content (AvgIpc) is 3.10. The van der Waals surface area contributed by atoms with Crippen molar-refractivity contribution in [2.75, 3.05) is 13.2 Å². The van der Waals surface area contributed by atoms with E-state index in [1.165, 1.54) is 0 Å². The molecule has 3 heterocycles. The number of furan rings is 1. The summed E-state index contributed by atoms with van der Waals surface area (Å²) in [6.07, 6.45) is 3.71. The third kappa shape index (κ3) is 3.33. The highest BCUT2D eigenvalue weighted by atomic mass is 16.5. The van der Waals surface area contributed by atoms with Gasteiger partial charge in [0.15, 0.2) is 5.82 Å². The minimum Gasteiger partial charge on any atom is -0.468 e. The van der Waals surface area contributed by atoms with Gasteiger partial charge in [-0.25, -0.2) is 0 Å². The van der Waals surface area contributed by atoms with E-state index in [0.717, 1.165) is 37.4 Å². The zero-order valence-corrected chi connectivity index (χ0v) is 12.5. The first-order valence-corrected chi connectivity index (χ1v) is 7.38. The Kier molecular flexibility index (Phi) is 4.36. The van der Waals surface area contributed by atoms with E-state index < -0.39 is 0 Å². The van der Waals surface area contributed by atoms with E-state index in [-0.39, 0.29) is 6.04 Å². The van der Waals surface area contributed by atoms with E-state index in [1.807, 2.05) is 19.9 Å². The molecular weight excluding hydrogens is 270 g/mol. The number of aryl methyl sites for hydroxylation is 2. The molecule has 6 nitrogen and oxygen atoms in total. The summed E-state index contributed by atoms with van der Waals surface area (Å²) < 4.78 is 16.3. The summed E-state index contributed by atoms with van der Waals surface area (Å²) in [5.74, 6) is 2.71. The van der Waals surface area contributed by atoms with Gasteiger partial charge in [-0.3, -0.25) is 5.32 Å². The molecule has 2 aromatic heterocycles. The van der Waals surface area contributed by atoms with E-state index >= 15 is 0 Å². The fourth-order valence-electron chi connectivity index (χ4n) is 2.73. The molecule has 1 atom stereocenters. The normalized spacial score (nSPS) is 18.0. The van der Waals surface area contributed by atoms with Gasteiger partial charge in [0.1, 0.15) is 5.76 Å². The number of ether oxygens (including phenoxy) is 1. The molecule has 1 saturated heterocycles. The number of hydrogen-bond donors (Lipinski definition) is 1. The lowest BCUT2D eigenvalue weighted by molar-refractivity contribution is 0.0482. The van der Waals surface area contributed by atoms with Crippen molar-refractivity contribution in [1.82, 2.24) is 15.5 Å². The summed E-state index contributed by atoms with van der Waals surface area (Å²) in [7, 11) is 0. The summed E-state index contributed by atoms with van der Waals surface area (Å²) in [6, 6.07) is 2.01. The summed E-state index contributed by atoms with van der Waals surface area (Å²) in [5, 5.41) is 7.43. The monoisotopic (exact) mass is 291 g/mol. The van der Waals surface area contributed by atoms with Gasteiger partial charge in [-0.15, -0.1) is 0 Å². The van der Waals surface area contributed by atoms with Crippen LogP contribution in [0.4, 0.5) is 0 Å². The van der Waals surface area contributed by atoms with E-state index in [0.29, 0.717) is 24.2 Å². The molecule has 2 aromatic rings. The van der Waals surface area contributed by atoms with E-state index in [1.54, 1.807) is 6.26 Å². The molecule has 21 heavy (non-hydrogen) atoms. The average molecular weight is 291 g/mol. The number of nitrogens with zero attached hydrogens (tertiary/aromatic N) is 2. The molecule has 1 aliphatic rings. The molecule has 0 amide bonds. The van der Waals surface area contributed by atoms with Gasteiger partial charge in [-0.05, 0) is 44.2 Å². The number of nitrogens with one attached hydrogen (secondary N) is 1. The number of hydrogen-bond acceptors (Lipinski definition) is 6. The Bertz CT molecular complexity index is 572. The van der Waals surface area contributed by atoms with Crippen LogP contribution >= 0.6 is 0 Å². The maximum absolute atomic E-state index is 5.49. The summed E-state index contributed by atoms with van der Waals surface area (Å²) in [5.41, 5.74) is 1.15. The van der Waals surface area contributed by atoms with Crippen LogP contribution in [-0.2, 0) is 11.3 Å². The molecule has 0 saturated carbocycles. The quantitative estimate of drug-likeness (QED) is 0.912. The van der Waals surface area contributed by atoms with Crippen LogP contribution in [0.15, 0.2) is 21.3 Å². The van der Waals surface area contributed by atoms with Crippen molar-refractivity contribution in [2.45, 2.75) is 39.3 Å². The number of rotatable bonds is 5. The third-order valence-corrected chi connectivity index (χ3v) is 4.00. The summed E-state index contributed by atoms with van der Waals surface area (Å²) >= 11 is 0. The molecule has 1 aliphatic heterocycles. The van der Waals surface area contributed by atoms with Crippen molar-refractivity contribution in [3.05, 3.63) is 35.4 Å². The van der Waals surface area contributed by atoms with Gasteiger partial charge < -0.3 is 13.7 Å². The van der Waals surface area contributed by atoms with Gasteiger partial charge in [0.2, 0.25) is 5.89 Å². The maximum Gasteiger partial charge on any atom is 0.244 e. The van der Waals surface area contributed by atoms with Gasteiger partial charge >= 0.3 is 0 Å². The Morgan fingerprint density at radius 2 is 2.14 bits per heavy atom. The lowest BCUT2D eigenvalue weighted by atomic mass is 9.91. The summed E-state index contributed by atoms with van der Waals surface area (Å²) in [4.78, 5) is 4.40. The predicted molar refractivity (Wildman–Crippen MR) is 75.6 cm³/mol. The first-order chi connectivity index (χ1) is 10.2. The van der Waals surface area contributed by atoms with E-state index in [2.05, 4.69) is 15.5 Å². The van der Waals surface area contributed by atoms with Crippen LogP contribution in [0.1, 0.15) is 41.9 Å². The second-order valence-corrected chi connectivity index (χ2v) is 5.51. The zero-order valence-electron chi connectivity index (χ0n) is 12.5. The Hall–Kier alpha value is -1.66. The molecule has 1 N–H and O–H groups in total. The van der Waals surface area contributed by atoms with E-state index in [4.69, 9.17) is 13.7 Å². The highest BCUT2D eigenvalue weighted by Crippen LogP contribution is 2.29. The molecule has 0 bridgehead atoms. The fourth-order valence-corrected chi connectivity index (χ4v) is 2.73. The van der Waals surface area contributed by atoms with Crippen LogP contribution in [-0.4, -0.2) is 23.4 Å². The van der Waals surface area contributed by atoms with Crippen molar-refractivity contribution in [2.24, 2.45) is 5.92 Å². The highest BCUT2D eigenvalue weighted by Gasteiger charge is 2.29. The largest absolute Gasteiger partial charge is 0.468 e. The standard InChI is InChI=1S/C15H21N3O3/c1-10-3-8-20-13(10)9-16-14(12-4-6-19-7-5-12)15-17-11(2)18-21-15/h3,8,12,14,16H,4-7,9H2,1-2H3. The molecule has 0 radical (unpaired) electrons. The van der Waals surface area contributed by atoms with Crippen molar-refractivity contribution in [3.8, 4) is 0 Å². The SMILES string of the molecule is Cc1noc(C(NCc2occc2C)C2CCOCC2)n1. The van der Waals surface area contributed by atoms with Gasteiger partial charge in [0.05, 0.1) is 18.8 Å². The minimum atomic E-state index is 0.0413. The molecule has 1 unspecified atom stereocenters. The zero-order chi connectivity index (χ0) is 14.7. The Morgan fingerprint density at radius 3 is 2.76 bits per heavy atom. The first kappa shape index (κ1) is 14.3. The highest BCUT2D eigenvalue weighted by molar-refractivity contribution is 5.14. The Labute approximate surface area is 123 Å². The second kappa shape index (κ2) is 6.41. The molecular formula is C15H21N3O3. The number of aromatic nitrogens is 2. The van der Waals surface area contributed by atoms with Gasteiger partial charge in [-0.1, -0.05) is 5.16 Å². The minimum absolute atomic E-state index is 0.0413. The lowest BCUT2D eigenvalue weighted by Crippen LogP contribution is -2.32. The smallest absolute Gasteiger partial charge is 0.244 e. The molecule has 1 fully saturated rings. The fraction of sp³-hybridized carbons (Fsp3) is 0.600. The first-order valence-electron chi connectivity index (χ1n) is 7.38. The van der Waals surface area contributed by atoms with Crippen LogP contribution in [0.2, 0.25) is 0 Å². The van der Waals surface area contributed by atoms with Crippen LogP contribution < -0.4 is 5.32 Å². The van der Waals surface area contributed by atoms with Crippen molar-refractivity contribution in [3.63, 3.8) is 0 Å². The Balaban J connectivity index is 1.73. The van der Waals surface area contributed by atoms with Crippen molar-refractivity contribution >= 4 is 0 Å². The second-order valence-electron chi connectivity index (χ2n) is 5.51.